The number of ether oxygens (including phenoxy) is 1. The van der Waals surface area contributed by atoms with Crippen molar-refractivity contribution in [3.63, 3.8) is 0 Å². The highest BCUT2D eigenvalue weighted by Crippen LogP contribution is 2.28. The van der Waals surface area contributed by atoms with Gasteiger partial charge in [0.1, 0.15) is 18.5 Å². The molecule has 0 saturated carbocycles. The molecule has 2 fully saturated rings. The van der Waals surface area contributed by atoms with Crippen molar-refractivity contribution in [1.29, 1.82) is 0 Å². The van der Waals surface area contributed by atoms with Crippen LogP contribution in [-0.2, 0) is 4.79 Å². The Bertz CT molecular complexity index is 1020. The monoisotopic (exact) mass is 496 g/mol. The predicted octanol–water partition coefficient (Wildman–Crippen LogP) is 2.14. The van der Waals surface area contributed by atoms with Crippen LogP contribution in [0.4, 0.5) is 4.79 Å². The van der Waals surface area contributed by atoms with Crippen LogP contribution in [0.5, 0.6) is 5.75 Å². The predicted molar refractivity (Wildman–Crippen MR) is 125 cm³/mol. The molecular weight excluding hydrogens is 469 g/mol. The van der Waals surface area contributed by atoms with Gasteiger partial charge >= 0.3 is 12.0 Å². The smallest absolute Gasteiger partial charge is 0.392 e. The van der Waals surface area contributed by atoms with E-state index in [1.807, 2.05) is 0 Å². The summed E-state index contributed by atoms with van der Waals surface area (Å²) in [5, 5.41) is 11.6. The summed E-state index contributed by atoms with van der Waals surface area (Å²) in [5.41, 5.74) is 0. The number of rotatable bonds is 5. The first kappa shape index (κ1) is 23.8. The molecule has 33 heavy (non-hydrogen) atoms. The number of hydrogen-bond acceptors (Lipinski definition) is 4. The van der Waals surface area contributed by atoms with Crippen molar-refractivity contribution in [2.45, 2.75) is 31.9 Å². The molecule has 9 nitrogen and oxygen atoms in total. The number of benzene rings is 1. The third-order valence-corrected chi connectivity index (χ3v) is 6.84. The number of imide groups is 1. The van der Waals surface area contributed by atoms with E-state index in [2.05, 4.69) is 11.5 Å². The zero-order chi connectivity index (χ0) is 23.9. The number of hydrogen-bond donors (Lipinski definition) is 1. The molecule has 0 spiro atoms. The summed E-state index contributed by atoms with van der Waals surface area (Å²) in [6.07, 6.45) is 1.08. The summed E-state index contributed by atoms with van der Waals surface area (Å²) in [5.74, 6) is 1.64. The van der Waals surface area contributed by atoms with E-state index in [4.69, 9.17) is 32.9 Å². The topological polar surface area (TPSA) is 88.7 Å². The second-order valence-corrected chi connectivity index (χ2v) is 9.62. The summed E-state index contributed by atoms with van der Waals surface area (Å²) >= 11 is 12.1. The summed E-state index contributed by atoms with van der Waals surface area (Å²) in [7, 11) is 3.07. The average Bonchev–Trinajstić information content (AvgIpc) is 3.15. The lowest BCUT2D eigenvalue weighted by Gasteiger charge is -2.33. The number of likely N-dealkylation sites (N-methyl/N-ethyl adjacent to an activating group) is 2. The van der Waals surface area contributed by atoms with Gasteiger partial charge in [-0.05, 0) is 37.0 Å². The number of aliphatic hydroxyl groups is 1. The zero-order valence-electron chi connectivity index (χ0n) is 18.9. The van der Waals surface area contributed by atoms with Crippen LogP contribution in [0.1, 0.15) is 19.8 Å². The van der Waals surface area contributed by atoms with Gasteiger partial charge in [0.25, 0.3) is 5.91 Å². The number of amides is 3. The lowest BCUT2D eigenvalue weighted by molar-refractivity contribution is -0.545. The molecule has 3 aliphatic heterocycles. The molecule has 1 N–H and O–H groups in total. The number of amidine groups is 1. The minimum absolute atomic E-state index is 0.0387. The molecule has 2 atom stereocenters. The maximum atomic E-state index is 13.1. The van der Waals surface area contributed by atoms with E-state index in [-0.39, 0.29) is 19.1 Å². The van der Waals surface area contributed by atoms with Crippen molar-refractivity contribution in [3.05, 3.63) is 28.2 Å². The van der Waals surface area contributed by atoms with Gasteiger partial charge in [0.2, 0.25) is 11.9 Å². The Balaban J connectivity index is 1.57. The van der Waals surface area contributed by atoms with E-state index in [0.717, 1.165) is 30.8 Å². The van der Waals surface area contributed by atoms with Gasteiger partial charge in [-0.25, -0.2) is 9.69 Å². The Morgan fingerprint density at radius 2 is 1.91 bits per heavy atom. The summed E-state index contributed by atoms with van der Waals surface area (Å²) in [6.45, 7) is 3.87. The van der Waals surface area contributed by atoms with Crippen LogP contribution in [0.3, 0.4) is 0 Å². The van der Waals surface area contributed by atoms with Gasteiger partial charge in [0.05, 0.1) is 24.7 Å². The SMILES string of the molecule is CC1CC[N+](=C2N=C3C(C(=O)N(C)C(=O)N3C)N2CC(O)COc2ccc(Cl)cc2Cl)CC1. The second-order valence-electron chi connectivity index (χ2n) is 8.77. The second kappa shape index (κ2) is 9.48. The van der Waals surface area contributed by atoms with Crippen LogP contribution >= 0.6 is 23.2 Å². The normalized spacial score (nSPS) is 24.3. The Morgan fingerprint density at radius 1 is 1.21 bits per heavy atom. The molecule has 1 aromatic rings. The molecule has 2 unspecified atom stereocenters. The molecule has 4 rings (SSSR count). The number of aliphatic hydroxyl groups excluding tert-OH is 1. The van der Waals surface area contributed by atoms with Crippen LogP contribution < -0.4 is 4.74 Å². The molecule has 0 aliphatic carbocycles. The van der Waals surface area contributed by atoms with Gasteiger partial charge in [-0.15, -0.1) is 0 Å². The lowest BCUT2D eigenvalue weighted by atomic mass is 10.0. The minimum atomic E-state index is -0.939. The number of carbonyl (C=O) groups is 2. The molecule has 0 radical (unpaired) electrons. The highest BCUT2D eigenvalue weighted by molar-refractivity contribution is 6.35. The maximum absolute atomic E-state index is 13.1. The standard InChI is InChI=1S/C22H28Cl2N5O4/c1-13-6-8-28(9-7-13)21-25-19-18(20(31)27(3)22(32)26(19)2)29(21)11-15(30)12-33-17-5-4-14(23)10-16(17)24/h4-5,10,13,15,18,30H,6-9,11-12H2,1-3H3/q+1. The summed E-state index contributed by atoms with van der Waals surface area (Å²) < 4.78 is 7.82. The number of piperidine rings is 1. The van der Waals surface area contributed by atoms with Gasteiger partial charge in [-0.3, -0.25) is 19.2 Å². The molecular formula is C22H28Cl2N5O4+. The first-order valence-corrected chi connectivity index (χ1v) is 11.7. The van der Waals surface area contributed by atoms with Gasteiger partial charge in [-0.1, -0.05) is 35.1 Å². The maximum Gasteiger partial charge on any atom is 0.392 e. The third kappa shape index (κ3) is 4.67. The largest absolute Gasteiger partial charge is 0.489 e. The Hall–Kier alpha value is -2.36. The number of carbonyl (C=O) groups excluding carboxylic acids is 2. The first-order chi connectivity index (χ1) is 15.7. The van der Waals surface area contributed by atoms with Crippen LogP contribution in [0.15, 0.2) is 23.2 Å². The first-order valence-electron chi connectivity index (χ1n) is 11.0. The Morgan fingerprint density at radius 3 is 2.58 bits per heavy atom. The highest BCUT2D eigenvalue weighted by atomic mass is 35.5. The third-order valence-electron chi connectivity index (χ3n) is 6.31. The Labute approximate surface area is 202 Å². The van der Waals surface area contributed by atoms with Gasteiger partial charge < -0.3 is 9.84 Å². The van der Waals surface area contributed by atoms with E-state index in [1.165, 1.54) is 11.9 Å². The van der Waals surface area contributed by atoms with Gasteiger partial charge in [0.15, 0.2) is 0 Å². The van der Waals surface area contributed by atoms with Crippen LogP contribution in [-0.4, -0.2) is 101 Å². The van der Waals surface area contributed by atoms with Crippen molar-refractivity contribution in [3.8, 4) is 5.75 Å². The van der Waals surface area contributed by atoms with Gasteiger partial charge in [0, 0.05) is 19.1 Å². The van der Waals surface area contributed by atoms with Crippen molar-refractivity contribution >= 4 is 46.9 Å². The molecule has 1 aromatic carbocycles. The van der Waals surface area contributed by atoms with E-state index in [1.54, 1.807) is 30.1 Å². The fourth-order valence-corrected chi connectivity index (χ4v) is 4.75. The van der Waals surface area contributed by atoms with Crippen molar-refractivity contribution in [1.82, 2.24) is 14.7 Å². The van der Waals surface area contributed by atoms with Crippen molar-refractivity contribution in [2.75, 3.05) is 40.3 Å². The quantitative estimate of drug-likeness (QED) is 0.630. The van der Waals surface area contributed by atoms with E-state index < -0.39 is 18.2 Å². The zero-order valence-corrected chi connectivity index (χ0v) is 20.4. The number of guanidine groups is 1. The molecule has 2 saturated heterocycles. The number of fused-ring (bicyclic) bond motifs is 1. The number of urea groups is 1. The fraction of sp³-hybridized carbons (Fsp3) is 0.545. The molecule has 178 valence electrons. The highest BCUT2D eigenvalue weighted by Gasteiger charge is 2.55. The van der Waals surface area contributed by atoms with E-state index >= 15 is 0 Å². The van der Waals surface area contributed by atoms with Crippen LogP contribution in [0.2, 0.25) is 10.0 Å². The molecule has 0 aromatic heterocycles. The minimum Gasteiger partial charge on any atom is -0.489 e. The molecule has 0 bridgehead atoms. The lowest BCUT2D eigenvalue weighted by Crippen LogP contribution is -2.63. The summed E-state index contributed by atoms with van der Waals surface area (Å²) in [4.78, 5) is 34.5. The van der Waals surface area contributed by atoms with Crippen LogP contribution in [0.25, 0.3) is 0 Å². The molecule has 3 heterocycles. The van der Waals surface area contributed by atoms with Crippen LogP contribution in [0, 0.1) is 5.92 Å². The number of β-amino-alcohol motifs (C(OH)–C–C–N with tert-alkyl or cyclic N) is 1. The van der Waals surface area contributed by atoms with E-state index in [9.17, 15) is 14.7 Å². The molecule has 3 aliphatic rings. The van der Waals surface area contributed by atoms with Crippen molar-refractivity contribution in [2.24, 2.45) is 10.9 Å². The summed E-state index contributed by atoms with van der Waals surface area (Å²) in [6, 6.07) is 3.66. The van der Waals surface area contributed by atoms with Gasteiger partial charge in [-0.2, -0.15) is 0 Å². The molecule has 11 heteroatoms. The molecule has 3 amide bonds. The number of aliphatic imine (C=N–C) groups is 1. The number of halogens is 2. The Kier molecular flexibility index (Phi) is 6.83. The fourth-order valence-electron chi connectivity index (χ4n) is 4.29. The van der Waals surface area contributed by atoms with E-state index in [0.29, 0.717) is 33.5 Å². The van der Waals surface area contributed by atoms with Crippen molar-refractivity contribution < 1.29 is 24.0 Å². The number of nitrogens with zero attached hydrogens (tertiary/aromatic N) is 5. The average molecular weight is 497 g/mol.